The highest BCUT2D eigenvalue weighted by Crippen LogP contribution is 2.16. The molecule has 0 aliphatic carbocycles. The Labute approximate surface area is 124 Å². The van der Waals surface area contributed by atoms with Crippen molar-refractivity contribution in [2.45, 2.75) is 19.8 Å². The maximum atomic E-state index is 12.0. The zero-order valence-corrected chi connectivity index (χ0v) is 12.9. The topological polar surface area (TPSA) is 54.9 Å². The van der Waals surface area contributed by atoms with Crippen molar-refractivity contribution in [3.8, 4) is 0 Å². The monoisotopic (exact) mass is 339 g/mol. The fourth-order valence-corrected chi connectivity index (χ4v) is 2.54. The van der Waals surface area contributed by atoms with Gasteiger partial charge in [0.05, 0.1) is 5.69 Å². The zero-order valence-electron chi connectivity index (χ0n) is 10.5. The molecule has 100 valence electrons. The van der Waals surface area contributed by atoms with Gasteiger partial charge < -0.3 is 5.32 Å². The molecule has 1 amide bonds. The molecule has 0 bridgehead atoms. The van der Waals surface area contributed by atoms with Crippen LogP contribution in [0.2, 0.25) is 0 Å². The molecule has 6 heteroatoms. The fourth-order valence-electron chi connectivity index (χ4n) is 1.70. The highest BCUT2D eigenvalue weighted by molar-refractivity contribution is 9.09. The summed E-state index contributed by atoms with van der Waals surface area (Å²) in [6, 6.07) is 7.92. The summed E-state index contributed by atoms with van der Waals surface area (Å²) in [7, 11) is 0. The number of hydrogen-bond acceptors (Lipinski definition) is 4. The predicted molar refractivity (Wildman–Crippen MR) is 81.2 cm³/mol. The van der Waals surface area contributed by atoms with Gasteiger partial charge in [-0.05, 0) is 49.0 Å². The molecule has 1 aromatic carbocycles. The summed E-state index contributed by atoms with van der Waals surface area (Å²) >= 11 is 4.53. The summed E-state index contributed by atoms with van der Waals surface area (Å²) < 4.78 is 3.77. The summed E-state index contributed by atoms with van der Waals surface area (Å²) in [5.74, 6) is -0.148. The van der Waals surface area contributed by atoms with E-state index in [2.05, 4.69) is 36.9 Å². The van der Waals surface area contributed by atoms with Crippen LogP contribution in [-0.4, -0.2) is 20.8 Å². The van der Waals surface area contributed by atoms with E-state index in [9.17, 15) is 4.79 Å². The Bertz CT molecular complexity index is 571. The number of nitrogens with zero attached hydrogens (tertiary/aromatic N) is 2. The normalized spacial score (nSPS) is 10.4. The molecular formula is C13H14BrN3OS. The second-order valence-electron chi connectivity index (χ2n) is 4.13. The lowest BCUT2D eigenvalue weighted by Gasteiger charge is -2.06. The van der Waals surface area contributed by atoms with Crippen LogP contribution in [0.15, 0.2) is 24.3 Å². The summed E-state index contributed by atoms with van der Waals surface area (Å²) in [5, 5.41) is 7.70. The second kappa shape index (κ2) is 6.77. The van der Waals surface area contributed by atoms with Crippen LogP contribution in [0.5, 0.6) is 0 Å². The molecule has 4 nitrogen and oxygen atoms in total. The lowest BCUT2D eigenvalue weighted by molar-refractivity contribution is 0.103. The molecule has 0 radical (unpaired) electrons. The third-order valence-electron chi connectivity index (χ3n) is 2.64. The molecule has 1 N–H and O–H groups in total. The van der Waals surface area contributed by atoms with Gasteiger partial charge in [0, 0.05) is 11.0 Å². The number of carbonyl (C=O) groups excluding carboxylic acids is 1. The molecule has 0 atom stereocenters. The molecule has 1 heterocycles. The summed E-state index contributed by atoms with van der Waals surface area (Å²) in [6.45, 7) is 1.78. The van der Waals surface area contributed by atoms with E-state index in [4.69, 9.17) is 0 Å². The van der Waals surface area contributed by atoms with Crippen molar-refractivity contribution in [2.75, 3.05) is 10.6 Å². The predicted octanol–water partition coefficient (Wildman–Crippen LogP) is 3.43. The first kappa shape index (κ1) is 14.1. The van der Waals surface area contributed by atoms with Gasteiger partial charge in [0.15, 0.2) is 0 Å². The number of alkyl halides is 1. The standard InChI is InChI=1S/C13H14BrN3OS/c1-9-12(19-17-16-9)13(18)15-11-6-2-4-10(8-11)5-3-7-14/h2,4,6,8H,3,5,7H2,1H3,(H,15,18). The molecule has 0 saturated heterocycles. The number of carbonyl (C=O) groups is 1. The van der Waals surface area contributed by atoms with Gasteiger partial charge in [0.25, 0.3) is 5.91 Å². The number of nitrogens with one attached hydrogen (secondary N) is 1. The Balaban J connectivity index is 2.07. The van der Waals surface area contributed by atoms with E-state index >= 15 is 0 Å². The summed E-state index contributed by atoms with van der Waals surface area (Å²) in [5.41, 5.74) is 2.69. The van der Waals surface area contributed by atoms with Crippen LogP contribution in [0.25, 0.3) is 0 Å². The molecule has 19 heavy (non-hydrogen) atoms. The molecule has 0 aliphatic rings. The molecule has 2 aromatic rings. The minimum absolute atomic E-state index is 0.148. The maximum Gasteiger partial charge on any atom is 0.269 e. The summed E-state index contributed by atoms with van der Waals surface area (Å²) in [6.07, 6.45) is 2.07. The zero-order chi connectivity index (χ0) is 13.7. The van der Waals surface area contributed by atoms with Crippen molar-refractivity contribution in [3.05, 3.63) is 40.4 Å². The SMILES string of the molecule is Cc1nnsc1C(=O)Nc1cccc(CCCBr)c1. The van der Waals surface area contributed by atoms with Gasteiger partial charge in [-0.3, -0.25) is 4.79 Å². The van der Waals surface area contributed by atoms with Crippen LogP contribution in [-0.2, 0) is 6.42 Å². The fraction of sp³-hybridized carbons (Fsp3) is 0.308. The number of halogens is 1. The van der Waals surface area contributed by atoms with E-state index in [-0.39, 0.29) is 5.91 Å². The van der Waals surface area contributed by atoms with Crippen LogP contribution in [0.4, 0.5) is 5.69 Å². The van der Waals surface area contributed by atoms with Crippen molar-refractivity contribution in [1.82, 2.24) is 9.59 Å². The molecule has 0 aliphatic heterocycles. The summed E-state index contributed by atoms with van der Waals surface area (Å²) in [4.78, 5) is 12.6. The Morgan fingerprint density at radius 3 is 3.00 bits per heavy atom. The van der Waals surface area contributed by atoms with E-state index in [1.165, 1.54) is 5.56 Å². The molecule has 0 spiro atoms. The van der Waals surface area contributed by atoms with Crippen molar-refractivity contribution < 1.29 is 4.79 Å². The number of rotatable bonds is 5. The first-order valence-electron chi connectivity index (χ1n) is 5.96. The number of aromatic nitrogens is 2. The van der Waals surface area contributed by atoms with Crippen LogP contribution in [0.3, 0.4) is 0 Å². The molecule has 0 fully saturated rings. The third kappa shape index (κ3) is 3.84. The first-order chi connectivity index (χ1) is 9.20. The average molecular weight is 340 g/mol. The third-order valence-corrected chi connectivity index (χ3v) is 4.03. The van der Waals surface area contributed by atoms with Crippen LogP contribution in [0, 0.1) is 6.92 Å². The number of hydrogen-bond donors (Lipinski definition) is 1. The Morgan fingerprint density at radius 2 is 2.32 bits per heavy atom. The van der Waals surface area contributed by atoms with Crippen molar-refractivity contribution >= 4 is 39.1 Å². The van der Waals surface area contributed by atoms with Gasteiger partial charge in [-0.2, -0.15) is 0 Å². The van der Waals surface area contributed by atoms with Crippen LogP contribution in [0.1, 0.15) is 27.3 Å². The molecular weight excluding hydrogens is 326 g/mol. The highest BCUT2D eigenvalue weighted by Gasteiger charge is 2.13. The van der Waals surface area contributed by atoms with Gasteiger partial charge in [0.1, 0.15) is 4.88 Å². The largest absolute Gasteiger partial charge is 0.321 e. The van der Waals surface area contributed by atoms with Gasteiger partial charge in [-0.25, -0.2) is 0 Å². The molecule has 2 rings (SSSR count). The average Bonchev–Trinajstić information content (AvgIpc) is 2.83. The second-order valence-corrected chi connectivity index (χ2v) is 5.68. The molecule has 0 unspecified atom stereocenters. The van der Waals surface area contributed by atoms with Gasteiger partial charge in [-0.15, -0.1) is 5.10 Å². The lowest BCUT2D eigenvalue weighted by Crippen LogP contribution is -2.11. The van der Waals surface area contributed by atoms with Crippen molar-refractivity contribution in [2.24, 2.45) is 0 Å². The number of amides is 1. The van der Waals surface area contributed by atoms with Gasteiger partial charge in [0.2, 0.25) is 0 Å². The Morgan fingerprint density at radius 1 is 1.47 bits per heavy atom. The smallest absolute Gasteiger partial charge is 0.269 e. The minimum Gasteiger partial charge on any atom is -0.321 e. The van der Waals surface area contributed by atoms with E-state index in [0.717, 1.165) is 35.4 Å². The Kier molecular flexibility index (Phi) is 5.04. The lowest BCUT2D eigenvalue weighted by atomic mass is 10.1. The first-order valence-corrected chi connectivity index (χ1v) is 7.85. The van der Waals surface area contributed by atoms with Crippen molar-refractivity contribution in [1.29, 1.82) is 0 Å². The Hall–Kier alpha value is -1.27. The molecule has 1 aromatic heterocycles. The van der Waals surface area contributed by atoms with Gasteiger partial charge in [-0.1, -0.05) is 32.6 Å². The minimum atomic E-state index is -0.148. The maximum absolute atomic E-state index is 12.0. The van der Waals surface area contributed by atoms with Crippen LogP contribution >= 0.6 is 27.5 Å². The quantitative estimate of drug-likeness (QED) is 0.849. The van der Waals surface area contributed by atoms with Crippen molar-refractivity contribution in [3.63, 3.8) is 0 Å². The highest BCUT2D eigenvalue weighted by atomic mass is 79.9. The number of benzene rings is 1. The number of aryl methyl sites for hydroxylation is 2. The van der Waals surface area contributed by atoms with E-state index in [1.54, 1.807) is 6.92 Å². The van der Waals surface area contributed by atoms with E-state index in [0.29, 0.717) is 10.6 Å². The van der Waals surface area contributed by atoms with Gasteiger partial charge >= 0.3 is 0 Å². The molecule has 0 saturated carbocycles. The van der Waals surface area contributed by atoms with E-state index < -0.39 is 0 Å². The number of anilines is 1. The van der Waals surface area contributed by atoms with E-state index in [1.807, 2.05) is 18.2 Å². The van der Waals surface area contributed by atoms with Crippen LogP contribution < -0.4 is 5.32 Å².